The number of carbonyl (C=O) groups excluding carboxylic acids is 2. The number of amides is 2. The third-order valence-electron chi connectivity index (χ3n) is 5.13. The lowest BCUT2D eigenvalue weighted by atomic mass is 10.0. The predicted molar refractivity (Wildman–Crippen MR) is 101 cm³/mol. The maximum Gasteiger partial charge on any atom is 0.239 e. The lowest BCUT2D eigenvalue weighted by molar-refractivity contribution is -0.140. The summed E-state index contributed by atoms with van der Waals surface area (Å²) < 4.78 is 0. The summed E-state index contributed by atoms with van der Waals surface area (Å²) in [5.74, 6) is 0.226. The van der Waals surface area contributed by atoms with Crippen molar-refractivity contribution >= 4 is 36.6 Å². The van der Waals surface area contributed by atoms with Crippen molar-refractivity contribution in [1.82, 2.24) is 14.7 Å². The van der Waals surface area contributed by atoms with Crippen molar-refractivity contribution in [3.05, 3.63) is 0 Å². The average Bonchev–Trinajstić information content (AvgIpc) is 3.06. The highest BCUT2D eigenvalue weighted by Gasteiger charge is 2.32. The Morgan fingerprint density at radius 3 is 1.71 bits per heavy atom. The smallest absolute Gasteiger partial charge is 0.239 e. The summed E-state index contributed by atoms with van der Waals surface area (Å²) >= 11 is 0. The van der Waals surface area contributed by atoms with E-state index in [0.717, 1.165) is 39.0 Å². The first-order valence-corrected chi connectivity index (χ1v) is 8.49. The first-order chi connectivity index (χ1) is 10.4. The highest BCUT2D eigenvalue weighted by Crippen LogP contribution is 2.15. The van der Waals surface area contributed by atoms with Crippen molar-refractivity contribution in [2.45, 2.75) is 45.7 Å². The van der Waals surface area contributed by atoms with Crippen molar-refractivity contribution in [1.29, 1.82) is 0 Å². The van der Waals surface area contributed by atoms with E-state index in [4.69, 9.17) is 5.73 Å². The third-order valence-corrected chi connectivity index (χ3v) is 5.13. The summed E-state index contributed by atoms with van der Waals surface area (Å²) in [7, 11) is 0. The van der Waals surface area contributed by atoms with Crippen LogP contribution in [0, 0.1) is 5.92 Å². The number of rotatable bonds is 4. The fraction of sp³-hybridized carbons (Fsp3) is 0.875. The van der Waals surface area contributed by atoms with Gasteiger partial charge in [0.15, 0.2) is 0 Å². The van der Waals surface area contributed by atoms with E-state index in [1.54, 1.807) is 0 Å². The summed E-state index contributed by atoms with van der Waals surface area (Å²) in [6, 6.07) is -0.206. The summed E-state index contributed by atoms with van der Waals surface area (Å²) in [5.41, 5.74) is 5.82. The van der Waals surface area contributed by atoms with Gasteiger partial charge < -0.3 is 15.5 Å². The second kappa shape index (κ2) is 10.4. The summed E-state index contributed by atoms with van der Waals surface area (Å²) in [6.07, 6.45) is 2.24. The summed E-state index contributed by atoms with van der Waals surface area (Å²) in [5, 5.41) is 0. The zero-order valence-electron chi connectivity index (χ0n) is 14.9. The van der Waals surface area contributed by atoms with E-state index in [-0.39, 0.29) is 54.6 Å². The van der Waals surface area contributed by atoms with Crippen LogP contribution in [0.3, 0.4) is 0 Å². The van der Waals surface area contributed by atoms with Gasteiger partial charge in [0.2, 0.25) is 11.8 Å². The molecule has 6 nitrogen and oxygen atoms in total. The van der Waals surface area contributed by atoms with Gasteiger partial charge in [-0.3, -0.25) is 14.5 Å². The van der Waals surface area contributed by atoms with Gasteiger partial charge in [-0.2, -0.15) is 0 Å². The van der Waals surface area contributed by atoms with Crippen LogP contribution >= 0.6 is 24.8 Å². The van der Waals surface area contributed by atoms with Crippen LogP contribution in [0.1, 0.15) is 33.6 Å². The topological polar surface area (TPSA) is 69.9 Å². The van der Waals surface area contributed by atoms with Gasteiger partial charge >= 0.3 is 0 Å². The monoisotopic (exact) mass is 382 g/mol. The molecule has 3 unspecified atom stereocenters. The van der Waals surface area contributed by atoms with Gasteiger partial charge in [0.05, 0.1) is 12.0 Å². The molecule has 0 saturated carbocycles. The van der Waals surface area contributed by atoms with E-state index < -0.39 is 0 Å². The van der Waals surface area contributed by atoms with E-state index >= 15 is 0 Å². The van der Waals surface area contributed by atoms with E-state index in [1.165, 1.54) is 0 Å². The Hall–Kier alpha value is -0.560. The molecule has 0 aromatic rings. The molecule has 2 amide bonds. The Labute approximate surface area is 157 Å². The summed E-state index contributed by atoms with van der Waals surface area (Å²) in [6.45, 7) is 10.4. The zero-order chi connectivity index (χ0) is 16.3. The molecule has 0 aliphatic carbocycles. The van der Waals surface area contributed by atoms with E-state index in [1.807, 2.05) is 30.6 Å². The molecule has 0 aromatic heterocycles. The van der Waals surface area contributed by atoms with Crippen LogP contribution in [0.25, 0.3) is 0 Å². The third kappa shape index (κ3) is 5.48. The minimum absolute atomic E-state index is 0. The van der Waals surface area contributed by atoms with E-state index in [9.17, 15) is 9.59 Å². The molecule has 3 atom stereocenters. The van der Waals surface area contributed by atoms with Crippen molar-refractivity contribution in [3.63, 3.8) is 0 Å². The standard InChI is InChI=1S/C16H30N4O2.2ClH/c1-12(13(2)17)15(21)20-10-8-18(9-11-20)14(3)16(22)19-6-4-5-7-19;;/h12-14H,4-11,17H2,1-3H3;2*1H. The first-order valence-electron chi connectivity index (χ1n) is 8.49. The molecule has 2 N–H and O–H groups in total. The van der Waals surface area contributed by atoms with Crippen LogP contribution in [0.4, 0.5) is 0 Å². The minimum Gasteiger partial charge on any atom is -0.341 e. The molecule has 0 aromatic carbocycles. The Morgan fingerprint density at radius 1 is 0.792 bits per heavy atom. The lowest BCUT2D eigenvalue weighted by Crippen LogP contribution is -2.56. The Balaban J connectivity index is 0.00000264. The van der Waals surface area contributed by atoms with Crippen molar-refractivity contribution < 1.29 is 9.59 Å². The van der Waals surface area contributed by atoms with Gasteiger partial charge in [-0.25, -0.2) is 0 Å². The fourth-order valence-corrected chi connectivity index (χ4v) is 3.20. The van der Waals surface area contributed by atoms with Crippen molar-refractivity contribution in [2.24, 2.45) is 11.7 Å². The van der Waals surface area contributed by atoms with Gasteiger partial charge in [0.1, 0.15) is 0 Å². The number of nitrogens with zero attached hydrogens (tertiary/aromatic N) is 3. The number of halogens is 2. The van der Waals surface area contributed by atoms with Crippen LogP contribution in [0.5, 0.6) is 0 Å². The maximum absolute atomic E-state index is 12.4. The van der Waals surface area contributed by atoms with Crippen LogP contribution < -0.4 is 5.73 Å². The van der Waals surface area contributed by atoms with Gasteiger partial charge in [-0.1, -0.05) is 6.92 Å². The normalized spacial score (nSPS) is 22.2. The molecule has 2 aliphatic rings. The molecule has 24 heavy (non-hydrogen) atoms. The van der Waals surface area contributed by atoms with Crippen LogP contribution in [-0.4, -0.2) is 77.9 Å². The molecule has 2 heterocycles. The first kappa shape index (κ1) is 23.4. The van der Waals surface area contributed by atoms with Gasteiger partial charge in [-0.05, 0) is 26.7 Å². The highest BCUT2D eigenvalue weighted by atomic mass is 35.5. The van der Waals surface area contributed by atoms with Crippen molar-refractivity contribution in [3.8, 4) is 0 Å². The minimum atomic E-state index is -0.143. The fourth-order valence-electron chi connectivity index (χ4n) is 3.20. The molecule has 8 heteroatoms. The zero-order valence-corrected chi connectivity index (χ0v) is 16.6. The molecule has 2 rings (SSSR count). The van der Waals surface area contributed by atoms with Crippen LogP contribution in [0.2, 0.25) is 0 Å². The molecular formula is C16H32Cl2N4O2. The number of nitrogens with two attached hydrogens (primary N) is 1. The van der Waals surface area contributed by atoms with Gasteiger partial charge in [0, 0.05) is 45.3 Å². The quantitative estimate of drug-likeness (QED) is 0.786. The average molecular weight is 383 g/mol. The van der Waals surface area contributed by atoms with Gasteiger partial charge in [0.25, 0.3) is 0 Å². The van der Waals surface area contributed by atoms with Crippen molar-refractivity contribution in [2.75, 3.05) is 39.3 Å². The lowest BCUT2D eigenvalue weighted by Gasteiger charge is -2.39. The second-order valence-corrected chi connectivity index (χ2v) is 6.72. The highest BCUT2D eigenvalue weighted by molar-refractivity contribution is 5.85. The number of likely N-dealkylation sites (tertiary alicyclic amines) is 1. The Kier molecular flexibility index (Phi) is 10.2. The summed E-state index contributed by atoms with van der Waals surface area (Å²) in [4.78, 5) is 30.8. The number of hydrogen-bond donors (Lipinski definition) is 1. The van der Waals surface area contributed by atoms with E-state index in [0.29, 0.717) is 13.1 Å². The molecule has 2 fully saturated rings. The SMILES string of the molecule is CC(N)C(C)C(=O)N1CCN(C(C)C(=O)N2CCCC2)CC1.Cl.Cl. The molecule has 0 radical (unpaired) electrons. The molecule has 2 aliphatic heterocycles. The number of hydrogen-bond acceptors (Lipinski definition) is 4. The maximum atomic E-state index is 12.4. The predicted octanol–water partition coefficient (Wildman–Crippen LogP) is 0.968. The Bertz CT molecular complexity index is 409. The molecule has 142 valence electrons. The molecular weight excluding hydrogens is 351 g/mol. The van der Waals surface area contributed by atoms with E-state index in [2.05, 4.69) is 4.90 Å². The largest absolute Gasteiger partial charge is 0.341 e. The van der Waals surface area contributed by atoms with Gasteiger partial charge in [-0.15, -0.1) is 24.8 Å². The number of piperazine rings is 1. The van der Waals surface area contributed by atoms with Crippen LogP contribution in [0.15, 0.2) is 0 Å². The van der Waals surface area contributed by atoms with Crippen LogP contribution in [-0.2, 0) is 9.59 Å². The second-order valence-electron chi connectivity index (χ2n) is 6.72. The molecule has 0 bridgehead atoms. The number of carbonyl (C=O) groups is 2. The molecule has 2 saturated heterocycles. The molecule has 0 spiro atoms. The Morgan fingerprint density at radius 2 is 1.25 bits per heavy atom.